The topological polar surface area (TPSA) is 40.5 Å². The van der Waals surface area contributed by atoms with Gasteiger partial charge in [0.15, 0.2) is 0 Å². The first kappa shape index (κ1) is 13.6. The van der Waals surface area contributed by atoms with Gasteiger partial charge in [0.1, 0.15) is 0 Å². The van der Waals surface area contributed by atoms with E-state index in [4.69, 9.17) is 0 Å². The third-order valence-electron chi connectivity index (χ3n) is 7.67. The standard InChI is InChI=1S/C18H30O2/c1-18-7-6-13-12-4-2-3-5-14(12)17(20)9-15(13)16(18)8-11(19)10-18/h11-17,19-20H,2-10H2,1H3. The van der Waals surface area contributed by atoms with Crippen LogP contribution in [0.15, 0.2) is 0 Å². The second-order valence-electron chi connectivity index (χ2n) is 8.64. The fraction of sp³-hybridized carbons (Fsp3) is 1.00. The predicted octanol–water partition coefficient (Wildman–Crippen LogP) is 3.36. The van der Waals surface area contributed by atoms with Crippen LogP contribution in [-0.4, -0.2) is 22.4 Å². The zero-order valence-electron chi connectivity index (χ0n) is 12.8. The van der Waals surface area contributed by atoms with Gasteiger partial charge in [0, 0.05) is 0 Å². The molecule has 8 unspecified atom stereocenters. The normalized spacial score (nSPS) is 58.6. The lowest BCUT2D eigenvalue weighted by atomic mass is 9.50. The third kappa shape index (κ3) is 1.90. The lowest BCUT2D eigenvalue weighted by Crippen LogP contribution is -2.51. The molecular formula is C18H30O2. The van der Waals surface area contributed by atoms with Gasteiger partial charge < -0.3 is 10.2 Å². The van der Waals surface area contributed by atoms with Crippen LogP contribution >= 0.6 is 0 Å². The molecule has 0 saturated heterocycles. The summed E-state index contributed by atoms with van der Waals surface area (Å²) in [6.07, 6.45) is 10.9. The van der Waals surface area contributed by atoms with Crippen molar-refractivity contribution in [2.24, 2.45) is 35.0 Å². The van der Waals surface area contributed by atoms with Crippen LogP contribution in [0.4, 0.5) is 0 Å². The first-order valence-electron chi connectivity index (χ1n) is 8.94. The molecule has 2 heteroatoms. The first-order valence-corrected chi connectivity index (χ1v) is 8.94. The summed E-state index contributed by atoms with van der Waals surface area (Å²) >= 11 is 0. The maximum absolute atomic E-state index is 10.7. The van der Waals surface area contributed by atoms with Crippen molar-refractivity contribution in [1.29, 1.82) is 0 Å². The van der Waals surface area contributed by atoms with Crippen LogP contribution in [0.2, 0.25) is 0 Å². The Balaban J connectivity index is 1.62. The van der Waals surface area contributed by atoms with Crippen LogP contribution in [0.25, 0.3) is 0 Å². The Labute approximate surface area is 123 Å². The summed E-state index contributed by atoms with van der Waals surface area (Å²) < 4.78 is 0. The van der Waals surface area contributed by atoms with Crippen LogP contribution in [0.1, 0.15) is 64.7 Å². The summed E-state index contributed by atoms with van der Waals surface area (Å²) in [6.45, 7) is 2.41. The molecule has 0 aliphatic heterocycles. The Kier molecular flexibility index (Phi) is 3.20. The van der Waals surface area contributed by atoms with Crippen molar-refractivity contribution in [1.82, 2.24) is 0 Å². The van der Waals surface area contributed by atoms with E-state index in [0.29, 0.717) is 23.2 Å². The molecule has 114 valence electrons. The fourth-order valence-corrected chi connectivity index (χ4v) is 6.86. The van der Waals surface area contributed by atoms with E-state index in [0.717, 1.165) is 31.1 Å². The molecule has 0 bridgehead atoms. The molecule has 0 radical (unpaired) electrons. The van der Waals surface area contributed by atoms with E-state index >= 15 is 0 Å². The minimum Gasteiger partial charge on any atom is -0.393 e. The van der Waals surface area contributed by atoms with Gasteiger partial charge in [0.05, 0.1) is 12.2 Å². The van der Waals surface area contributed by atoms with Crippen molar-refractivity contribution in [3.05, 3.63) is 0 Å². The predicted molar refractivity (Wildman–Crippen MR) is 79.1 cm³/mol. The molecule has 4 aliphatic carbocycles. The van der Waals surface area contributed by atoms with Gasteiger partial charge in [0.25, 0.3) is 0 Å². The highest BCUT2D eigenvalue weighted by Gasteiger charge is 2.56. The van der Waals surface area contributed by atoms with E-state index < -0.39 is 0 Å². The van der Waals surface area contributed by atoms with Gasteiger partial charge in [-0.15, -0.1) is 0 Å². The highest BCUT2D eigenvalue weighted by atomic mass is 16.3. The van der Waals surface area contributed by atoms with Crippen LogP contribution < -0.4 is 0 Å². The molecule has 0 aromatic rings. The maximum Gasteiger partial charge on any atom is 0.0574 e. The summed E-state index contributed by atoms with van der Waals surface area (Å²) in [7, 11) is 0. The smallest absolute Gasteiger partial charge is 0.0574 e. The number of aliphatic hydroxyl groups is 2. The highest BCUT2D eigenvalue weighted by Crippen LogP contribution is 2.62. The minimum atomic E-state index is -0.0787. The molecule has 4 saturated carbocycles. The second kappa shape index (κ2) is 4.71. The molecule has 0 spiro atoms. The van der Waals surface area contributed by atoms with E-state index in [1.54, 1.807) is 0 Å². The van der Waals surface area contributed by atoms with Crippen LogP contribution in [0.3, 0.4) is 0 Å². The summed E-state index contributed by atoms with van der Waals surface area (Å²) in [6, 6.07) is 0. The van der Waals surface area contributed by atoms with Crippen LogP contribution in [-0.2, 0) is 0 Å². The SMILES string of the molecule is CC12CCC3C4CCCCC4C(O)CC3C1CC(O)C2. The Bertz CT molecular complexity index is 382. The molecule has 2 N–H and O–H groups in total. The van der Waals surface area contributed by atoms with E-state index in [9.17, 15) is 10.2 Å². The minimum absolute atomic E-state index is 0.0540. The highest BCUT2D eigenvalue weighted by molar-refractivity contribution is 5.06. The van der Waals surface area contributed by atoms with Gasteiger partial charge in [-0.3, -0.25) is 0 Å². The summed E-state index contributed by atoms with van der Waals surface area (Å²) in [5, 5.41) is 20.8. The van der Waals surface area contributed by atoms with Crippen molar-refractivity contribution < 1.29 is 10.2 Å². The van der Waals surface area contributed by atoms with Crippen molar-refractivity contribution in [2.45, 2.75) is 76.9 Å². The Hall–Kier alpha value is -0.0800. The van der Waals surface area contributed by atoms with Gasteiger partial charge in [0.2, 0.25) is 0 Å². The Morgan fingerprint density at radius 3 is 2.35 bits per heavy atom. The molecule has 2 nitrogen and oxygen atoms in total. The molecule has 8 atom stereocenters. The van der Waals surface area contributed by atoms with E-state index in [2.05, 4.69) is 6.92 Å². The Morgan fingerprint density at radius 2 is 1.55 bits per heavy atom. The average Bonchev–Trinajstić information content (AvgIpc) is 2.74. The zero-order valence-corrected chi connectivity index (χ0v) is 12.8. The zero-order chi connectivity index (χ0) is 13.9. The van der Waals surface area contributed by atoms with Gasteiger partial charge >= 0.3 is 0 Å². The van der Waals surface area contributed by atoms with Gasteiger partial charge in [-0.2, -0.15) is 0 Å². The molecule has 0 aromatic heterocycles. The lowest BCUT2D eigenvalue weighted by Gasteiger charge is -2.56. The number of aliphatic hydroxyl groups excluding tert-OH is 2. The molecular weight excluding hydrogens is 248 g/mol. The van der Waals surface area contributed by atoms with E-state index in [1.807, 2.05) is 0 Å². The second-order valence-corrected chi connectivity index (χ2v) is 8.64. The molecule has 0 heterocycles. The molecule has 0 aromatic carbocycles. The van der Waals surface area contributed by atoms with Crippen LogP contribution in [0.5, 0.6) is 0 Å². The van der Waals surface area contributed by atoms with Crippen molar-refractivity contribution in [3.8, 4) is 0 Å². The molecule has 4 aliphatic rings. The average molecular weight is 278 g/mol. The van der Waals surface area contributed by atoms with Gasteiger partial charge in [-0.05, 0) is 80.0 Å². The van der Waals surface area contributed by atoms with Gasteiger partial charge in [-0.25, -0.2) is 0 Å². The number of fused-ring (bicyclic) bond motifs is 5. The molecule has 4 fully saturated rings. The van der Waals surface area contributed by atoms with Gasteiger partial charge in [-0.1, -0.05) is 19.8 Å². The van der Waals surface area contributed by atoms with E-state index in [-0.39, 0.29) is 12.2 Å². The Morgan fingerprint density at radius 1 is 0.850 bits per heavy atom. The monoisotopic (exact) mass is 278 g/mol. The third-order valence-corrected chi connectivity index (χ3v) is 7.67. The summed E-state index contributed by atoms with van der Waals surface area (Å²) in [5.41, 5.74) is 0.363. The first-order chi connectivity index (χ1) is 9.58. The van der Waals surface area contributed by atoms with Crippen molar-refractivity contribution >= 4 is 0 Å². The molecule has 20 heavy (non-hydrogen) atoms. The lowest BCUT2D eigenvalue weighted by molar-refractivity contribution is -0.106. The molecule has 0 amide bonds. The largest absolute Gasteiger partial charge is 0.393 e. The van der Waals surface area contributed by atoms with Crippen LogP contribution in [0, 0.1) is 35.0 Å². The summed E-state index contributed by atoms with van der Waals surface area (Å²) in [5.74, 6) is 3.61. The number of hydrogen-bond donors (Lipinski definition) is 2. The molecule has 4 rings (SSSR count). The fourth-order valence-electron chi connectivity index (χ4n) is 6.86. The maximum atomic E-state index is 10.7. The summed E-state index contributed by atoms with van der Waals surface area (Å²) in [4.78, 5) is 0. The van der Waals surface area contributed by atoms with E-state index in [1.165, 1.54) is 38.5 Å². The van der Waals surface area contributed by atoms with Crippen molar-refractivity contribution in [2.75, 3.05) is 0 Å². The number of rotatable bonds is 0. The number of hydrogen-bond acceptors (Lipinski definition) is 2. The van der Waals surface area contributed by atoms with Crippen molar-refractivity contribution in [3.63, 3.8) is 0 Å². The quantitative estimate of drug-likeness (QED) is 0.713.